The molecule has 2 N–H and O–H groups in total. The number of nitrogens with zero attached hydrogens (tertiary/aromatic N) is 3. The summed E-state index contributed by atoms with van der Waals surface area (Å²) in [7, 11) is -2.93. The highest BCUT2D eigenvalue weighted by molar-refractivity contribution is 7.91. The largest absolute Gasteiger partial charge is 0.492 e. The van der Waals surface area contributed by atoms with Gasteiger partial charge in [0.25, 0.3) is 5.56 Å². The number of hydrogen-bond acceptors (Lipinski definition) is 7. The minimum Gasteiger partial charge on any atom is -0.492 e. The normalized spacial score (nSPS) is 12.0. The molecule has 0 saturated carbocycles. The molecule has 0 bridgehead atoms. The van der Waals surface area contributed by atoms with Crippen molar-refractivity contribution in [3.63, 3.8) is 0 Å². The Hall–Kier alpha value is -4.75. The second-order valence-corrected chi connectivity index (χ2v) is 12.0. The van der Waals surface area contributed by atoms with Crippen LogP contribution in [0.4, 0.5) is 0 Å². The third kappa shape index (κ3) is 6.52. The van der Waals surface area contributed by atoms with E-state index in [9.17, 15) is 28.4 Å². The van der Waals surface area contributed by atoms with Crippen LogP contribution in [0.15, 0.2) is 87.4 Å². The van der Waals surface area contributed by atoms with Crippen molar-refractivity contribution in [2.45, 2.75) is 61.8 Å². The molecule has 3 aromatic carbocycles. The number of nitriles is 1. The number of rotatable bonds is 11. The number of benzene rings is 3. The van der Waals surface area contributed by atoms with Crippen LogP contribution < -0.4 is 10.9 Å². The highest BCUT2D eigenvalue weighted by Gasteiger charge is 2.31. The molecule has 43 heavy (non-hydrogen) atoms. The van der Waals surface area contributed by atoms with Crippen LogP contribution in [0.1, 0.15) is 61.7 Å². The van der Waals surface area contributed by atoms with Crippen molar-refractivity contribution < 1.29 is 18.3 Å². The summed E-state index contributed by atoms with van der Waals surface area (Å²) >= 11 is 0. The molecule has 1 atom stereocenters. The molecule has 0 fully saturated rings. The van der Waals surface area contributed by atoms with E-state index in [1.54, 1.807) is 43.4 Å². The van der Waals surface area contributed by atoms with Gasteiger partial charge in [-0.3, -0.25) is 14.2 Å². The quantitative estimate of drug-likeness (QED) is 0.249. The van der Waals surface area contributed by atoms with Gasteiger partial charge in [0, 0.05) is 13.5 Å². The zero-order chi connectivity index (χ0) is 31.1. The van der Waals surface area contributed by atoms with Crippen molar-refractivity contribution >= 4 is 15.7 Å². The molecular weight excluding hydrogens is 564 g/mol. The predicted molar refractivity (Wildman–Crippen MR) is 163 cm³/mol. The Morgan fingerprint density at radius 2 is 1.79 bits per heavy atom. The maximum Gasteiger partial charge on any atom is 0.277 e. The summed E-state index contributed by atoms with van der Waals surface area (Å²) in [6.45, 7) is 3.84. The fraction of sp³-hybridized carbons (Fsp3) is 0.273. The van der Waals surface area contributed by atoms with E-state index in [4.69, 9.17) is 0 Å². The van der Waals surface area contributed by atoms with Gasteiger partial charge in [-0.25, -0.2) is 8.42 Å². The lowest BCUT2D eigenvalue weighted by Crippen LogP contribution is -2.33. The van der Waals surface area contributed by atoms with E-state index in [0.717, 1.165) is 17.5 Å². The molecule has 0 unspecified atom stereocenters. The highest BCUT2D eigenvalue weighted by atomic mass is 32.2. The van der Waals surface area contributed by atoms with Crippen LogP contribution in [0.3, 0.4) is 0 Å². The van der Waals surface area contributed by atoms with Gasteiger partial charge in [-0.1, -0.05) is 68.8 Å². The molecule has 1 aromatic heterocycles. The van der Waals surface area contributed by atoms with E-state index in [2.05, 4.69) is 16.4 Å². The first-order valence-electron chi connectivity index (χ1n) is 14.1. The number of carbonyl (C=O) groups is 1. The number of carbonyl (C=O) groups excluding carboxylic acids is 1. The molecule has 0 aliphatic heterocycles. The number of amides is 1. The zero-order valence-electron chi connectivity index (χ0n) is 24.4. The first kappa shape index (κ1) is 31.2. The molecule has 0 spiro atoms. The summed E-state index contributed by atoms with van der Waals surface area (Å²) < 4.78 is 29.1. The number of likely N-dealkylation sites (N-methyl/N-ethyl adjacent to an activating group) is 1. The minimum atomic E-state index is -4.49. The average Bonchev–Trinajstić information content (AvgIpc) is 3.01. The molecule has 222 valence electrons. The van der Waals surface area contributed by atoms with Gasteiger partial charge in [0.2, 0.25) is 21.6 Å². The topological polar surface area (TPSA) is 142 Å². The van der Waals surface area contributed by atoms with Crippen molar-refractivity contribution in [3.8, 4) is 23.1 Å². The molecule has 1 heterocycles. The monoisotopic (exact) mass is 598 g/mol. The smallest absolute Gasteiger partial charge is 0.277 e. The standard InChI is InChI=1S/C33H34N4O5S/c1-4-6-14-29-36-32(39)31(33(40)37(29)28(5-2)25-12-9-10-22(19-25)21-34)43(41,42)26-17-15-23(16-18-26)27-13-8-7-11-24(27)20-30(38)35-3/h7-13,15-19,28,39H,4-6,14,20H2,1-3H3,(H,35,38)/t28-/m0/s1. The Bertz CT molecular complexity index is 1840. The minimum absolute atomic E-state index is 0.155. The number of nitrogens with one attached hydrogen (secondary N) is 1. The summed E-state index contributed by atoms with van der Waals surface area (Å²) in [5.74, 6) is -0.716. The highest BCUT2D eigenvalue weighted by Crippen LogP contribution is 2.31. The van der Waals surface area contributed by atoms with Crippen LogP contribution in [0, 0.1) is 11.3 Å². The molecule has 0 radical (unpaired) electrons. The first-order chi connectivity index (χ1) is 20.7. The first-order valence-corrected chi connectivity index (χ1v) is 15.6. The molecule has 0 aliphatic rings. The van der Waals surface area contributed by atoms with Gasteiger partial charge in [0.1, 0.15) is 5.82 Å². The molecule has 1 amide bonds. The van der Waals surface area contributed by atoms with Gasteiger partial charge < -0.3 is 10.4 Å². The number of unbranched alkanes of at least 4 members (excludes halogenated alkanes) is 1. The summed E-state index contributed by atoms with van der Waals surface area (Å²) in [5.41, 5.74) is 2.44. The van der Waals surface area contributed by atoms with Gasteiger partial charge in [0.05, 0.1) is 29.0 Å². The van der Waals surface area contributed by atoms with Gasteiger partial charge >= 0.3 is 0 Å². The Morgan fingerprint density at radius 1 is 1.07 bits per heavy atom. The molecule has 9 nitrogen and oxygen atoms in total. The van der Waals surface area contributed by atoms with Crippen LogP contribution in [0.2, 0.25) is 0 Å². The summed E-state index contributed by atoms with van der Waals surface area (Å²) in [4.78, 5) is 29.3. The van der Waals surface area contributed by atoms with E-state index in [-0.39, 0.29) is 23.0 Å². The molecule has 0 aliphatic carbocycles. The van der Waals surface area contributed by atoms with Gasteiger partial charge in [-0.2, -0.15) is 10.2 Å². The zero-order valence-corrected chi connectivity index (χ0v) is 25.2. The number of aromatic nitrogens is 2. The summed E-state index contributed by atoms with van der Waals surface area (Å²) in [6, 6.07) is 21.6. The Balaban J connectivity index is 1.83. The third-order valence-electron chi connectivity index (χ3n) is 7.37. The fourth-order valence-corrected chi connectivity index (χ4v) is 6.49. The lowest BCUT2D eigenvalue weighted by atomic mass is 9.97. The molecule has 4 rings (SSSR count). The molecule has 0 saturated heterocycles. The van der Waals surface area contributed by atoms with Crippen LogP contribution in [-0.2, 0) is 27.5 Å². The SMILES string of the molecule is CCCCc1nc(O)c(S(=O)(=O)c2ccc(-c3ccccc3CC(=O)NC)cc2)c(=O)n1[C@@H](CC)c1cccc(C#N)c1. The summed E-state index contributed by atoms with van der Waals surface area (Å²) in [5, 5.41) is 22.9. The molecular formula is C33H34N4O5S. The lowest BCUT2D eigenvalue weighted by Gasteiger charge is -2.23. The molecule has 4 aromatic rings. The predicted octanol–water partition coefficient (Wildman–Crippen LogP) is 4.95. The van der Waals surface area contributed by atoms with Crippen molar-refractivity contribution in [2.24, 2.45) is 0 Å². The Kier molecular flexibility index (Phi) is 9.78. The van der Waals surface area contributed by atoms with Crippen molar-refractivity contribution in [1.82, 2.24) is 14.9 Å². The number of hydrogen-bond donors (Lipinski definition) is 2. The van der Waals surface area contributed by atoms with Gasteiger partial charge in [-0.05, 0) is 59.4 Å². The lowest BCUT2D eigenvalue weighted by molar-refractivity contribution is -0.119. The number of aryl methyl sites for hydroxylation is 1. The third-order valence-corrected chi connectivity index (χ3v) is 9.16. The van der Waals surface area contributed by atoms with Crippen molar-refractivity contribution in [3.05, 3.63) is 106 Å². The van der Waals surface area contributed by atoms with Crippen LogP contribution in [-0.4, -0.2) is 36.0 Å². The van der Waals surface area contributed by atoms with Crippen molar-refractivity contribution in [2.75, 3.05) is 7.05 Å². The Labute approximate surface area is 251 Å². The van der Waals surface area contributed by atoms with Crippen molar-refractivity contribution in [1.29, 1.82) is 5.26 Å². The van der Waals surface area contributed by atoms with Gasteiger partial charge in [-0.15, -0.1) is 0 Å². The maximum absolute atomic E-state index is 14.1. The van der Waals surface area contributed by atoms with E-state index in [1.165, 1.54) is 16.7 Å². The average molecular weight is 599 g/mol. The van der Waals surface area contributed by atoms with E-state index in [0.29, 0.717) is 36.0 Å². The van der Waals surface area contributed by atoms with Gasteiger partial charge in [0.15, 0.2) is 4.90 Å². The Morgan fingerprint density at radius 3 is 2.44 bits per heavy atom. The number of aromatic hydroxyl groups is 1. The van der Waals surface area contributed by atoms with Crippen LogP contribution in [0.5, 0.6) is 5.88 Å². The van der Waals surface area contributed by atoms with E-state index >= 15 is 0 Å². The fourth-order valence-electron chi connectivity index (χ4n) is 5.15. The van der Waals surface area contributed by atoms with Crippen LogP contribution in [0.25, 0.3) is 11.1 Å². The summed E-state index contributed by atoms with van der Waals surface area (Å²) in [6.07, 6.45) is 2.42. The second kappa shape index (κ2) is 13.5. The van der Waals surface area contributed by atoms with E-state index in [1.807, 2.05) is 38.1 Å². The van der Waals surface area contributed by atoms with Crippen LogP contribution >= 0.6 is 0 Å². The van der Waals surface area contributed by atoms with E-state index < -0.39 is 32.2 Å². The molecule has 10 heteroatoms. The number of sulfone groups is 1. The maximum atomic E-state index is 14.1. The second-order valence-electron chi connectivity index (χ2n) is 10.2.